The Hall–Kier alpha value is -2.75. The molecule has 0 saturated heterocycles. The van der Waals surface area contributed by atoms with E-state index in [1.807, 2.05) is 0 Å². The zero-order valence-electron chi connectivity index (χ0n) is 11.9. The fourth-order valence-corrected chi connectivity index (χ4v) is 2.46. The number of tetrazole rings is 1. The highest BCUT2D eigenvalue weighted by Crippen LogP contribution is 2.19. The number of nitrogens with zero attached hydrogens (tertiary/aromatic N) is 5. The molecule has 0 aliphatic rings. The molecular weight excluding hydrogens is 323 g/mol. The van der Waals surface area contributed by atoms with Crippen molar-refractivity contribution in [2.75, 3.05) is 11.1 Å². The maximum atomic E-state index is 13.3. The van der Waals surface area contributed by atoms with Gasteiger partial charge in [-0.2, -0.15) is 4.68 Å². The lowest BCUT2D eigenvalue weighted by atomic mass is 10.3. The van der Waals surface area contributed by atoms with Gasteiger partial charge in [0.05, 0.1) is 11.4 Å². The molecule has 10 heteroatoms. The van der Waals surface area contributed by atoms with Gasteiger partial charge in [-0.05, 0) is 35.5 Å². The number of anilines is 1. The van der Waals surface area contributed by atoms with E-state index in [0.29, 0.717) is 22.4 Å². The summed E-state index contributed by atoms with van der Waals surface area (Å²) in [6, 6.07) is 7.47. The van der Waals surface area contributed by atoms with Crippen LogP contribution in [0.2, 0.25) is 0 Å². The van der Waals surface area contributed by atoms with Gasteiger partial charge in [-0.3, -0.25) is 4.79 Å². The van der Waals surface area contributed by atoms with Crippen LogP contribution in [0.15, 0.2) is 40.0 Å². The first-order valence-corrected chi connectivity index (χ1v) is 7.50. The summed E-state index contributed by atoms with van der Waals surface area (Å²) in [5, 5.41) is 17.8. The Kier molecular flexibility index (Phi) is 4.33. The Balaban J connectivity index is 1.65. The molecule has 0 aliphatic heterocycles. The zero-order valence-corrected chi connectivity index (χ0v) is 12.7. The highest BCUT2D eigenvalue weighted by molar-refractivity contribution is 7.99. The third-order valence-corrected chi connectivity index (χ3v) is 3.64. The third kappa shape index (κ3) is 3.72. The van der Waals surface area contributed by atoms with E-state index in [4.69, 9.17) is 4.52 Å². The second kappa shape index (κ2) is 6.57. The van der Waals surface area contributed by atoms with Gasteiger partial charge in [0.2, 0.25) is 11.1 Å². The molecule has 0 fully saturated rings. The number of carbonyl (C=O) groups excluding carboxylic acids is 1. The molecule has 23 heavy (non-hydrogen) atoms. The minimum atomic E-state index is -0.395. The number of benzene rings is 1. The molecule has 118 valence electrons. The average Bonchev–Trinajstić information content (AvgIpc) is 3.14. The molecule has 1 aromatic carbocycles. The first-order valence-electron chi connectivity index (χ1n) is 6.52. The number of aromatic nitrogens is 5. The van der Waals surface area contributed by atoms with Crippen molar-refractivity contribution in [1.29, 1.82) is 0 Å². The van der Waals surface area contributed by atoms with Gasteiger partial charge in [0.15, 0.2) is 5.82 Å². The summed E-state index contributed by atoms with van der Waals surface area (Å²) in [6.07, 6.45) is 0. The van der Waals surface area contributed by atoms with E-state index in [1.54, 1.807) is 25.1 Å². The Morgan fingerprint density at radius 3 is 3.04 bits per heavy atom. The van der Waals surface area contributed by atoms with Gasteiger partial charge in [0.1, 0.15) is 11.6 Å². The van der Waals surface area contributed by atoms with Crippen LogP contribution in [0, 0.1) is 12.7 Å². The summed E-state index contributed by atoms with van der Waals surface area (Å²) >= 11 is 1.12. The van der Waals surface area contributed by atoms with Crippen LogP contribution in [0.25, 0.3) is 5.69 Å². The first kappa shape index (κ1) is 15.2. The van der Waals surface area contributed by atoms with Crippen LogP contribution >= 0.6 is 11.8 Å². The van der Waals surface area contributed by atoms with Gasteiger partial charge in [0.25, 0.3) is 0 Å². The highest BCUT2D eigenvalue weighted by atomic mass is 32.2. The first-order chi connectivity index (χ1) is 11.1. The van der Waals surface area contributed by atoms with Crippen molar-refractivity contribution in [3.05, 3.63) is 41.9 Å². The van der Waals surface area contributed by atoms with E-state index >= 15 is 0 Å². The molecule has 1 N–H and O–H groups in total. The van der Waals surface area contributed by atoms with Gasteiger partial charge in [0, 0.05) is 6.07 Å². The van der Waals surface area contributed by atoms with E-state index in [1.165, 1.54) is 16.8 Å². The second-order valence-corrected chi connectivity index (χ2v) is 5.46. The maximum absolute atomic E-state index is 13.3. The summed E-state index contributed by atoms with van der Waals surface area (Å²) < 4.78 is 19.5. The van der Waals surface area contributed by atoms with Gasteiger partial charge in [-0.1, -0.05) is 23.0 Å². The summed E-state index contributed by atoms with van der Waals surface area (Å²) in [4.78, 5) is 11.9. The van der Waals surface area contributed by atoms with E-state index in [9.17, 15) is 9.18 Å². The number of thioether (sulfide) groups is 1. The van der Waals surface area contributed by atoms with Crippen LogP contribution in [-0.2, 0) is 4.79 Å². The van der Waals surface area contributed by atoms with E-state index in [0.717, 1.165) is 11.8 Å². The Labute approximate surface area is 134 Å². The maximum Gasteiger partial charge on any atom is 0.236 e. The van der Waals surface area contributed by atoms with Gasteiger partial charge in [-0.15, -0.1) is 5.10 Å². The highest BCUT2D eigenvalue weighted by Gasteiger charge is 2.13. The van der Waals surface area contributed by atoms with Crippen molar-refractivity contribution in [3.8, 4) is 5.69 Å². The topological polar surface area (TPSA) is 98.7 Å². The van der Waals surface area contributed by atoms with Crippen LogP contribution in [0.4, 0.5) is 10.2 Å². The van der Waals surface area contributed by atoms with Crippen LogP contribution in [0.3, 0.4) is 0 Å². The summed E-state index contributed by atoms with van der Waals surface area (Å²) in [5.74, 6) is 0.340. The minimum absolute atomic E-state index is 0.0710. The SMILES string of the molecule is Cc1cc(NC(=O)CSc2nnnn2-c2cccc(F)c2)no1. The molecule has 0 bridgehead atoms. The molecule has 2 heterocycles. The van der Waals surface area contributed by atoms with Crippen molar-refractivity contribution in [1.82, 2.24) is 25.4 Å². The molecule has 8 nitrogen and oxygen atoms in total. The number of hydrogen-bond acceptors (Lipinski definition) is 7. The molecule has 1 amide bonds. The Morgan fingerprint density at radius 2 is 2.30 bits per heavy atom. The quantitative estimate of drug-likeness (QED) is 0.711. The molecule has 0 spiro atoms. The monoisotopic (exact) mass is 334 g/mol. The molecule has 0 saturated carbocycles. The fraction of sp³-hybridized carbons (Fsp3) is 0.154. The van der Waals surface area contributed by atoms with Crippen LogP contribution in [-0.4, -0.2) is 37.0 Å². The number of aryl methyl sites for hydroxylation is 1. The van der Waals surface area contributed by atoms with E-state index in [2.05, 4.69) is 26.0 Å². The Bertz CT molecular complexity index is 833. The number of nitrogens with one attached hydrogen (secondary N) is 1. The Morgan fingerprint density at radius 1 is 1.43 bits per heavy atom. The molecule has 0 radical (unpaired) electrons. The van der Waals surface area contributed by atoms with Gasteiger partial charge in [-0.25, -0.2) is 4.39 Å². The lowest BCUT2D eigenvalue weighted by molar-refractivity contribution is -0.113. The fourth-order valence-electron chi connectivity index (χ4n) is 1.77. The molecule has 0 unspecified atom stereocenters. The molecular formula is C13H11FN6O2S. The summed E-state index contributed by atoms with van der Waals surface area (Å²) in [5.41, 5.74) is 0.477. The number of halogens is 1. The van der Waals surface area contributed by atoms with Gasteiger partial charge < -0.3 is 9.84 Å². The van der Waals surface area contributed by atoms with Crippen molar-refractivity contribution >= 4 is 23.5 Å². The molecule has 2 aromatic heterocycles. The number of rotatable bonds is 5. The second-order valence-electron chi connectivity index (χ2n) is 4.51. The standard InChI is InChI=1S/C13H11FN6O2S/c1-8-5-11(17-22-8)15-12(21)7-23-13-16-18-19-20(13)10-4-2-3-9(14)6-10/h2-6H,7H2,1H3,(H,15,17,21). The summed E-state index contributed by atoms with van der Waals surface area (Å²) in [7, 11) is 0. The number of hydrogen-bond donors (Lipinski definition) is 1. The van der Waals surface area contributed by atoms with Crippen LogP contribution < -0.4 is 5.32 Å². The molecule has 3 rings (SSSR count). The van der Waals surface area contributed by atoms with Crippen molar-refractivity contribution in [2.24, 2.45) is 0 Å². The molecule has 0 aliphatic carbocycles. The van der Waals surface area contributed by atoms with E-state index in [-0.39, 0.29) is 11.7 Å². The lowest BCUT2D eigenvalue weighted by Gasteiger charge is -2.04. The minimum Gasteiger partial charge on any atom is -0.360 e. The van der Waals surface area contributed by atoms with Crippen molar-refractivity contribution in [3.63, 3.8) is 0 Å². The van der Waals surface area contributed by atoms with Gasteiger partial charge >= 0.3 is 0 Å². The van der Waals surface area contributed by atoms with Crippen LogP contribution in [0.1, 0.15) is 5.76 Å². The predicted octanol–water partition coefficient (Wildman–Crippen LogP) is 1.83. The third-order valence-electron chi connectivity index (χ3n) is 2.72. The number of carbonyl (C=O) groups is 1. The lowest BCUT2D eigenvalue weighted by Crippen LogP contribution is -2.14. The smallest absolute Gasteiger partial charge is 0.236 e. The predicted molar refractivity (Wildman–Crippen MR) is 79.7 cm³/mol. The largest absolute Gasteiger partial charge is 0.360 e. The van der Waals surface area contributed by atoms with Crippen molar-refractivity contribution < 1.29 is 13.7 Å². The number of amides is 1. The zero-order chi connectivity index (χ0) is 16.2. The molecule has 0 atom stereocenters. The van der Waals surface area contributed by atoms with Crippen molar-refractivity contribution in [2.45, 2.75) is 12.1 Å². The normalized spacial score (nSPS) is 10.7. The van der Waals surface area contributed by atoms with Crippen LogP contribution in [0.5, 0.6) is 0 Å². The summed E-state index contributed by atoms with van der Waals surface area (Å²) in [6.45, 7) is 1.73. The molecule has 3 aromatic rings. The van der Waals surface area contributed by atoms with E-state index < -0.39 is 5.82 Å². The average molecular weight is 334 g/mol.